The molecule has 0 spiro atoms. The number of nitrogens with zero attached hydrogens (tertiary/aromatic N) is 1. The first-order chi connectivity index (χ1) is 8.26. The largest absolute Gasteiger partial charge is 0.347 e. The van der Waals surface area contributed by atoms with E-state index in [2.05, 4.69) is 49.1 Å². The first-order valence-electron chi connectivity index (χ1n) is 6.51. The molecule has 0 fully saturated rings. The standard InChI is InChI=1S/C15H20N2/c1-4-10-6-5-7-12-13-8-11(16-2)9-14(13)17(3)15(10)12/h5-7,11,16H,4,8-9H2,1-3H3. The number of benzene rings is 1. The van der Waals surface area contributed by atoms with Crippen LogP contribution in [0.1, 0.15) is 23.7 Å². The molecule has 0 amide bonds. The molecule has 0 bridgehead atoms. The SMILES string of the molecule is CCc1cccc2c3c(n(C)c12)CC(NC)C3. The zero-order chi connectivity index (χ0) is 12.0. The van der Waals surface area contributed by atoms with Crippen molar-refractivity contribution in [2.75, 3.05) is 7.05 Å². The second kappa shape index (κ2) is 3.88. The predicted octanol–water partition coefficient (Wildman–Crippen LogP) is 2.43. The highest BCUT2D eigenvalue weighted by molar-refractivity contribution is 5.89. The number of hydrogen-bond donors (Lipinski definition) is 1. The van der Waals surface area contributed by atoms with Gasteiger partial charge in [0.05, 0.1) is 5.52 Å². The first-order valence-corrected chi connectivity index (χ1v) is 6.51. The lowest BCUT2D eigenvalue weighted by molar-refractivity contribution is 0.585. The van der Waals surface area contributed by atoms with E-state index in [4.69, 9.17) is 0 Å². The van der Waals surface area contributed by atoms with Gasteiger partial charge in [0.1, 0.15) is 0 Å². The molecule has 0 saturated carbocycles. The smallest absolute Gasteiger partial charge is 0.0515 e. The first kappa shape index (κ1) is 10.8. The molecule has 2 heteroatoms. The fourth-order valence-corrected chi connectivity index (χ4v) is 3.25. The van der Waals surface area contributed by atoms with Gasteiger partial charge in [-0.05, 0) is 31.0 Å². The molecule has 0 radical (unpaired) electrons. The lowest BCUT2D eigenvalue weighted by Crippen LogP contribution is -2.25. The highest BCUT2D eigenvalue weighted by Gasteiger charge is 2.26. The third-order valence-corrected chi connectivity index (χ3v) is 4.21. The Morgan fingerprint density at radius 2 is 2.18 bits per heavy atom. The van der Waals surface area contributed by atoms with Crippen molar-refractivity contribution in [3.63, 3.8) is 0 Å². The third kappa shape index (κ3) is 1.44. The Morgan fingerprint density at radius 3 is 2.88 bits per heavy atom. The van der Waals surface area contributed by atoms with E-state index in [1.54, 1.807) is 5.56 Å². The van der Waals surface area contributed by atoms with Crippen LogP contribution in [0.5, 0.6) is 0 Å². The molecule has 1 aliphatic carbocycles. The third-order valence-electron chi connectivity index (χ3n) is 4.21. The van der Waals surface area contributed by atoms with Gasteiger partial charge >= 0.3 is 0 Å². The maximum atomic E-state index is 3.40. The van der Waals surface area contributed by atoms with E-state index in [0.29, 0.717) is 6.04 Å². The molecule has 1 unspecified atom stereocenters. The number of nitrogens with one attached hydrogen (secondary N) is 1. The van der Waals surface area contributed by atoms with Crippen LogP contribution in [0, 0.1) is 0 Å². The monoisotopic (exact) mass is 228 g/mol. The number of aryl methyl sites for hydroxylation is 2. The molecular weight excluding hydrogens is 208 g/mol. The summed E-state index contributed by atoms with van der Waals surface area (Å²) < 4.78 is 2.42. The molecule has 2 nitrogen and oxygen atoms in total. The zero-order valence-corrected chi connectivity index (χ0v) is 10.9. The van der Waals surface area contributed by atoms with Crippen molar-refractivity contribution in [3.8, 4) is 0 Å². The fraction of sp³-hybridized carbons (Fsp3) is 0.467. The van der Waals surface area contributed by atoms with Gasteiger partial charge in [0.15, 0.2) is 0 Å². The molecule has 1 heterocycles. The molecule has 3 rings (SSSR count). The summed E-state index contributed by atoms with van der Waals surface area (Å²) in [5, 5.41) is 4.88. The topological polar surface area (TPSA) is 17.0 Å². The highest BCUT2D eigenvalue weighted by atomic mass is 15.0. The van der Waals surface area contributed by atoms with Crippen molar-refractivity contribution in [3.05, 3.63) is 35.0 Å². The van der Waals surface area contributed by atoms with Crippen LogP contribution in [0.15, 0.2) is 18.2 Å². The van der Waals surface area contributed by atoms with Gasteiger partial charge in [-0.3, -0.25) is 0 Å². The van der Waals surface area contributed by atoms with Crippen LogP contribution in [0.2, 0.25) is 0 Å². The summed E-state index contributed by atoms with van der Waals surface area (Å²) >= 11 is 0. The number of hydrogen-bond acceptors (Lipinski definition) is 1. The predicted molar refractivity (Wildman–Crippen MR) is 72.6 cm³/mol. The van der Waals surface area contributed by atoms with Crippen molar-refractivity contribution in [1.82, 2.24) is 9.88 Å². The summed E-state index contributed by atoms with van der Waals surface area (Å²) in [5.41, 5.74) is 6.02. The van der Waals surface area contributed by atoms with E-state index in [1.165, 1.54) is 35.0 Å². The summed E-state index contributed by atoms with van der Waals surface area (Å²) in [5.74, 6) is 0. The number of likely N-dealkylation sites (N-methyl/N-ethyl adjacent to an activating group) is 1. The molecule has 17 heavy (non-hydrogen) atoms. The number of fused-ring (bicyclic) bond motifs is 3. The molecule has 1 N–H and O–H groups in total. The fourth-order valence-electron chi connectivity index (χ4n) is 3.25. The molecule has 1 aromatic heterocycles. The van der Waals surface area contributed by atoms with Crippen LogP contribution in [-0.4, -0.2) is 17.7 Å². The molecule has 90 valence electrons. The van der Waals surface area contributed by atoms with E-state index < -0.39 is 0 Å². The van der Waals surface area contributed by atoms with Gasteiger partial charge in [-0.1, -0.05) is 25.1 Å². The minimum Gasteiger partial charge on any atom is -0.347 e. The van der Waals surface area contributed by atoms with Crippen LogP contribution >= 0.6 is 0 Å². The van der Waals surface area contributed by atoms with Crippen LogP contribution in [0.25, 0.3) is 10.9 Å². The second-order valence-electron chi connectivity index (χ2n) is 5.04. The van der Waals surface area contributed by atoms with Crippen LogP contribution < -0.4 is 5.32 Å². The minimum absolute atomic E-state index is 0.626. The minimum atomic E-state index is 0.626. The summed E-state index contributed by atoms with van der Waals surface area (Å²) in [7, 11) is 4.29. The van der Waals surface area contributed by atoms with Crippen LogP contribution in [0.3, 0.4) is 0 Å². The average Bonchev–Trinajstić information content (AvgIpc) is 2.89. The van der Waals surface area contributed by atoms with Crippen molar-refractivity contribution >= 4 is 10.9 Å². The maximum absolute atomic E-state index is 3.40. The molecule has 0 saturated heterocycles. The van der Waals surface area contributed by atoms with Gasteiger partial charge in [0, 0.05) is 30.6 Å². The van der Waals surface area contributed by atoms with Gasteiger partial charge in [-0.25, -0.2) is 0 Å². The van der Waals surface area contributed by atoms with Crippen molar-refractivity contribution in [2.45, 2.75) is 32.2 Å². The Hall–Kier alpha value is -1.28. The lowest BCUT2D eigenvalue weighted by Gasteiger charge is -2.10. The maximum Gasteiger partial charge on any atom is 0.0515 e. The quantitative estimate of drug-likeness (QED) is 0.835. The molecular formula is C15H20N2. The normalized spacial score (nSPS) is 18.9. The van der Waals surface area contributed by atoms with Gasteiger partial charge < -0.3 is 9.88 Å². The van der Waals surface area contributed by atoms with E-state index in [0.717, 1.165) is 6.42 Å². The Balaban J connectivity index is 2.25. The second-order valence-corrected chi connectivity index (χ2v) is 5.04. The van der Waals surface area contributed by atoms with Crippen molar-refractivity contribution in [1.29, 1.82) is 0 Å². The Morgan fingerprint density at radius 1 is 1.35 bits per heavy atom. The van der Waals surface area contributed by atoms with E-state index >= 15 is 0 Å². The van der Waals surface area contributed by atoms with Crippen LogP contribution in [0.4, 0.5) is 0 Å². The molecule has 2 aromatic rings. The number of rotatable bonds is 2. The number of para-hydroxylation sites is 1. The number of aromatic nitrogens is 1. The van der Waals surface area contributed by atoms with Crippen molar-refractivity contribution < 1.29 is 0 Å². The average molecular weight is 228 g/mol. The Bertz CT molecular complexity index is 566. The Kier molecular flexibility index (Phi) is 2.48. The van der Waals surface area contributed by atoms with E-state index in [9.17, 15) is 0 Å². The Labute approximate surface area is 103 Å². The van der Waals surface area contributed by atoms with Gasteiger partial charge in [0.2, 0.25) is 0 Å². The van der Waals surface area contributed by atoms with E-state index in [-0.39, 0.29) is 0 Å². The summed E-state index contributed by atoms with van der Waals surface area (Å²) in [6, 6.07) is 7.37. The van der Waals surface area contributed by atoms with Gasteiger partial charge in [-0.15, -0.1) is 0 Å². The molecule has 1 aliphatic rings. The highest BCUT2D eigenvalue weighted by Crippen LogP contribution is 2.34. The summed E-state index contributed by atoms with van der Waals surface area (Å²) in [6.45, 7) is 2.24. The van der Waals surface area contributed by atoms with Crippen molar-refractivity contribution in [2.24, 2.45) is 7.05 Å². The summed E-state index contributed by atoms with van der Waals surface area (Å²) in [4.78, 5) is 0. The zero-order valence-electron chi connectivity index (χ0n) is 10.9. The molecule has 0 aliphatic heterocycles. The van der Waals surface area contributed by atoms with Gasteiger partial charge in [-0.2, -0.15) is 0 Å². The lowest BCUT2D eigenvalue weighted by atomic mass is 10.1. The summed E-state index contributed by atoms with van der Waals surface area (Å²) in [6.07, 6.45) is 3.46. The van der Waals surface area contributed by atoms with Crippen LogP contribution in [-0.2, 0) is 26.3 Å². The van der Waals surface area contributed by atoms with Gasteiger partial charge in [0.25, 0.3) is 0 Å². The molecule has 1 atom stereocenters. The molecule has 1 aromatic carbocycles. The van der Waals surface area contributed by atoms with E-state index in [1.807, 2.05) is 0 Å².